The van der Waals surface area contributed by atoms with Crippen LogP contribution < -0.4 is 26.8 Å². The van der Waals surface area contributed by atoms with Crippen LogP contribution >= 0.6 is 0 Å². The lowest BCUT2D eigenvalue weighted by molar-refractivity contribution is -0.125. The van der Waals surface area contributed by atoms with Gasteiger partial charge in [0.2, 0.25) is 5.91 Å². The van der Waals surface area contributed by atoms with E-state index < -0.39 is 5.97 Å². The van der Waals surface area contributed by atoms with Crippen LogP contribution in [-0.4, -0.2) is 63.7 Å². The number of nitrogens with two attached hydrogens (primary N) is 1. The molecule has 1 aliphatic heterocycles. The van der Waals surface area contributed by atoms with Crippen LogP contribution in [0.5, 0.6) is 0 Å². The second kappa shape index (κ2) is 13.7. The van der Waals surface area contributed by atoms with Gasteiger partial charge in [0, 0.05) is 74.1 Å². The van der Waals surface area contributed by atoms with Crippen molar-refractivity contribution in [3.05, 3.63) is 71.1 Å². The topological polar surface area (TPSA) is 159 Å². The zero-order valence-electron chi connectivity index (χ0n) is 23.9. The average molecular weight is 574 g/mol. The van der Waals surface area contributed by atoms with E-state index in [0.29, 0.717) is 42.0 Å². The van der Waals surface area contributed by atoms with Gasteiger partial charge in [0.25, 0.3) is 5.91 Å². The summed E-state index contributed by atoms with van der Waals surface area (Å²) in [6, 6.07) is 16.1. The summed E-state index contributed by atoms with van der Waals surface area (Å²) in [5.41, 5.74) is 3.71. The fourth-order valence-corrected chi connectivity index (χ4v) is 4.74. The number of nitrogens with zero attached hydrogens (tertiary/aromatic N) is 2. The summed E-state index contributed by atoms with van der Waals surface area (Å²) >= 11 is 0. The van der Waals surface area contributed by atoms with Crippen LogP contribution in [-0.2, 0) is 9.63 Å². The Balaban J connectivity index is 1.61. The highest BCUT2D eigenvalue weighted by molar-refractivity contribution is 6.09. The minimum Gasteiger partial charge on any atom is -0.478 e. The number of anilines is 1. The molecule has 1 aliphatic carbocycles. The standard InChI is InChI=1S/C31H35N5O6/c1-33-20-8-11-23-26(16-20)42-27-17-21(36(2)3)9-12-24(27)29(23)22-10-7-19(15-25(22)31(39)40)30(38)35-14-6-4-5-13-34-28(37)18-41-32/h7-12,15-17H,4-6,13-14,18,32H2,1-3H3,(H,34,37)(H,35,38)(H,39,40). The van der Waals surface area contributed by atoms with Crippen LogP contribution in [0.1, 0.15) is 40.0 Å². The van der Waals surface area contributed by atoms with Gasteiger partial charge in [-0.1, -0.05) is 6.07 Å². The van der Waals surface area contributed by atoms with Crippen LogP contribution in [0.25, 0.3) is 33.4 Å². The minimum atomic E-state index is -1.14. The Morgan fingerprint density at radius 2 is 1.69 bits per heavy atom. The summed E-state index contributed by atoms with van der Waals surface area (Å²) in [7, 11) is 5.56. The number of carboxylic acid groups (broad SMARTS) is 1. The number of nitrogens with one attached hydrogen (secondary N) is 2. The number of amides is 2. The molecule has 2 aliphatic rings. The second-order valence-corrected chi connectivity index (χ2v) is 10.00. The van der Waals surface area contributed by atoms with E-state index in [9.17, 15) is 19.5 Å². The number of rotatable bonds is 12. The van der Waals surface area contributed by atoms with Crippen molar-refractivity contribution in [2.75, 3.05) is 45.7 Å². The number of hydrogen-bond donors (Lipinski definition) is 4. The van der Waals surface area contributed by atoms with E-state index in [1.807, 2.05) is 55.4 Å². The van der Waals surface area contributed by atoms with Crippen LogP contribution in [0, 0.1) is 0 Å². The van der Waals surface area contributed by atoms with Crippen molar-refractivity contribution in [1.29, 1.82) is 0 Å². The molecular formula is C31H35N5O6. The molecule has 42 heavy (non-hydrogen) atoms. The van der Waals surface area contributed by atoms with Crippen LogP contribution in [0.4, 0.5) is 5.69 Å². The molecule has 0 fully saturated rings. The van der Waals surface area contributed by atoms with Crippen molar-refractivity contribution in [2.24, 2.45) is 10.9 Å². The Labute approximate surface area is 243 Å². The van der Waals surface area contributed by atoms with Gasteiger partial charge in [0.05, 0.1) is 10.9 Å². The van der Waals surface area contributed by atoms with E-state index in [-0.39, 0.29) is 29.5 Å². The van der Waals surface area contributed by atoms with Crippen molar-refractivity contribution in [2.45, 2.75) is 19.3 Å². The van der Waals surface area contributed by atoms with Gasteiger partial charge < -0.3 is 25.1 Å². The van der Waals surface area contributed by atoms with Gasteiger partial charge in [0.1, 0.15) is 18.0 Å². The minimum absolute atomic E-state index is 0.00888. The third-order valence-corrected chi connectivity index (χ3v) is 6.92. The number of aromatic carboxylic acids is 1. The number of carboxylic acids is 1. The molecule has 5 N–H and O–H groups in total. The smallest absolute Gasteiger partial charge is 0.336 e. The molecule has 4 rings (SSSR count). The molecule has 1 heterocycles. The molecule has 2 aromatic rings. The largest absolute Gasteiger partial charge is 0.478 e. The lowest BCUT2D eigenvalue weighted by Crippen LogP contribution is -2.29. The van der Waals surface area contributed by atoms with E-state index >= 15 is 0 Å². The zero-order chi connectivity index (χ0) is 30.2. The Morgan fingerprint density at radius 1 is 0.952 bits per heavy atom. The van der Waals surface area contributed by atoms with Crippen LogP contribution in [0.3, 0.4) is 0 Å². The molecule has 0 unspecified atom stereocenters. The van der Waals surface area contributed by atoms with Crippen molar-refractivity contribution in [3.8, 4) is 22.5 Å². The number of hydrogen-bond acceptors (Lipinski definition) is 8. The molecule has 0 atom stereocenters. The first-order valence-electron chi connectivity index (χ1n) is 13.6. The Hall–Kier alpha value is -4.74. The van der Waals surface area contributed by atoms with Crippen molar-refractivity contribution >= 4 is 34.4 Å². The van der Waals surface area contributed by atoms with Crippen molar-refractivity contribution in [3.63, 3.8) is 0 Å². The van der Waals surface area contributed by atoms with Crippen LogP contribution in [0.15, 0.2) is 64.0 Å². The van der Waals surface area contributed by atoms with Gasteiger partial charge in [-0.15, -0.1) is 0 Å². The maximum absolute atomic E-state index is 12.9. The van der Waals surface area contributed by atoms with E-state index in [1.165, 1.54) is 6.07 Å². The molecule has 0 spiro atoms. The third-order valence-electron chi connectivity index (χ3n) is 6.92. The van der Waals surface area contributed by atoms with Crippen molar-refractivity contribution in [1.82, 2.24) is 10.6 Å². The molecule has 220 valence electrons. The van der Waals surface area contributed by atoms with Gasteiger partial charge in [-0.3, -0.25) is 19.4 Å². The molecule has 11 heteroatoms. The lowest BCUT2D eigenvalue weighted by atomic mass is 9.89. The Kier molecular flexibility index (Phi) is 9.89. The van der Waals surface area contributed by atoms with Gasteiger partial charge in [-0.2, -0.15) is 0 Å². The Morgan fingerprint density at radius 3 is 2.38 bits per heavy atom. The monoisotopic (exact) mass is 573 g/mol. The first kappa shape index (κ1) is 30.2. The summed E-state index contributed by atoms with van der Waals surface area (Å²) < 4.78 is 6.28. The summed E-state index contributed by atoms with van der Waals surface area (Å²) in [5.74, 6) is 3.65. The molecule has 0 bridgehead atoms. The number of fused-ring (bicyclic) bond motifs is 2. The molecule has 0 aromatic heterocycles. The van der Waals surface area contributed by atoms with Gasteiger partial charge >= 0.3 is 5.97 Å². The predicted octanol–water partition coefficient (Wildman–Crippen LogP) is 3.41. The third kappa shape index (κ3) is 6.93. The zero-order valence-corrected chi connectivity index (χ0v) is 23.9. The fourth-order valence-electron chi connectivity index (χ4n) is 4.74. The first-order valence-corrected chi connectivity index (χ1v) is 13.6. The van der Waals surface area contributed by atoms with E-state index in [4.69, 9.17) is 10.3 Å². The van der Waals surface area contributed by atoms with E-state index in [2.05, 4.69) is 20.5 Å². The average Bonchev–Trinajstić information content (AvgIpc) is 2.98. The van der Waals surface area contributed by atoms with Gasteiger partial charge in [0.15, 0.2) is 0 Å². The first-order chi connectivity index (χ1) is 20.2. The van der Waals surface area contributed by atoms with Gasteiger partial charge in [-0.05, 0) is 61.2 Å². The van der Waals surface area contributed by atoms with E-state index in [0.717, 1.165) is 34.8 Å². The van der Waals surface area contributed by atoms with Crippen molar-refractivity contribution < 1.29 is 28.7 Å². The normalized spacial score (nSPS) is 11.6. The molecule has 11 nitrogen and oxygen atoms in total. The SMILES string of the molecule is CN=c1ccc2c(-c3ccc(C(=O)NCCCCCNC(=O)CON)cc3C(=O)O)c3ccc(N(C)C)cc3oc-2c1. The number of benzene rings is 3. The van der Waals surface area contributed by atoms with E-state index in [1.54, 1.807) is 19.2 Å². The fraction of sp³-hybridized carbons (Fsp3) is 0.290. The number of carbonyl (C=O) groups excluding carboxylic acids is 2. The Bertz CT molecular complexity index is 1640. The summed E-state index contributed by atoms with van der Waals surface area (Å²) in [5, 5.41) is 17.2. The molecular weight excluding hydrogens is 538 g/mol. The lowest BCUT2D eigenvalue weighted by Gasteiger charge is -2.19. The van der Waals surface area contributed by atoms with Crippen LogP contribution in [0.2, 0.25) is 0 Å². The number of unbranched alkanes of at least 4 members (excludes halogenated alkanes) is 2. The highest BCUT2D eigenvalue weighted by Crippen LogP contribution is 2.42. The quantitative estimate of drug-likeness (QED) is 0.114. The number of carbonyl (C=O) groups is 3. The summed E-state index contributed by atoms with van der Waals surface area (Å²) in [6.07, 6.45) is 2.22. The molecule has 2 amide bonds. The highest BCUT2D eigenvalue weighted by atomic mass is 16.6. The van der Waals surface area contributed by atoms with Gasteiger partial charge in [-0.25, -0.2) is 10.7 Å². The molecule has 0 saturated heterocycles. The second-order valence-electron chi connectivity index (χ2n) is 10.00. The maximum atomic E-state index is 12.9. The molecule has 0 radical (unpaired) electrons. The molecule has 2 aromatic carbocycles. The summed E-state index contributed by atoms with van der Waals surface area (Å²) in [4.78, 5) is 47.2. The molecule has 0 saturated carbocycles. The predicted molar refractivity (Wildman–Crippen MR) is 160 cm³/mol. The summed E-state index contributed by atoms with van der Waals surface area (Å²) in [6.45, 7) is 0.713. The maximum Gasteiger partial charge on any atom is 0.336 e. The highest BCUT2D eigenvalue weighted by Gasteiger charge is 2.23.